The molecule has 0 saturated carbocycles. The van der Waals surface area contributed by atoms with E-state index in [0.29, 0.717) is 16.3 Å². The van der Waals surface area contributed by atoms with Crippen LogP contribution in [0.15, 0.2) is 60.0 Å². The molecule has 29 heavy (non-hydrogen) atoms. The molecule has 0 bridgehead atoms. The van der Waals surface area contributed by atoms with Gasteiger partial charge in [-0.2, -0.15) is 0 Å². The van der Waals surface area contributed by atoms with E-state index >= 15 is 0 Å². The average Bonchev–Trinajstić information content (AvgIpc) is 3.19. The van der Waals surface area contributed by atoms with Crippen LogP contribution in [0.4, 0.5) is 17.1 Å². The van der Waals surface area contributed by atoms with Crippen LogP contribution in [-0.4, -0.2) is 26.5 Å². The highest BCUT2D eigenvalue weighted by Gasteiger charge is 2.12. The first kappa shape index (κ1) is 20.8. The molecule has 0 aliphatic heterocycles. The summed E-state index contributed by atoms with van der Waals surface area (Å²) in [5.74, 6) is -0.641. The first-order chi connectivity index (χ1) is 13.7. The minimum absolute atomic E-state index is 0.119. The van der Waals surface area contributed by atoms with Gasteiger partial charge in [-0.05, 0) is 53.9 Å². The Kier molecular flexibility index (Phi) is 6.21. The van der Waals surface area contributed by atoms with Crippen LogP contribution < -0.4 is 15.4 Å². The topological polar surface area (TPSA) is 104 Å². The molecule has 2 aromatic carbocycles. The fraction of sp³-hybridized carbons (Fsp3) is 0.0526. The van der Waals surface area contributed by atoms with Crippen molar-refractivity contribution in [3.8, 4) is 0 Å². The third-order valence-corrected chi connectivity index (χ3v) is 5.46. The van der Waals surface area contributed by atoms with Gasteiger partial charge >= 0.3 is 0 Å². The van der Waals surface area contributed by atoms with E-state index in [1.807, 2.05) is 5.38 Å². The van der Waals surface area contributed by atoms with E-state index in [0.717, 1.165) is 6.26 Å². The van der Waals surface area contributed by atoms with Crippen molar-refractivity contribution in [1.29, 1.82) is 0 Å². The second kappa shape index (κ2) is 8.64. The smallest absolute Gasteiger partial charge is 0.265 e. The summed E-state index contributed by atoms with van der Waals surface area (Å²) in [5.41, 5.74) is 1.45. The summed E-state index contributed by atoms with van der Waals surface area (Å²) in [4.78, 5) is 25.1. The second-order valence-electron chi connectivity index (χ2n) is 6.03. The number of benzene rings is 2. The third-order valence-electron chi connectivity index (χ3n) is 3.67. The molecule has 0 spiro atoms. The Bertz CT molecular complexity index is 1140. The molecule has 3 rings (SSSR count). The largest absolute Gasteiger partial charge is 0.322 e. The van der Waals surface area contributed by atoms with Crippen molar-refractivity contribution >= 4 is 61.8 Å². The molecule has 0 fully saturated rings. The average molecular weight is 450 g/mol. The third kappa shape index (κ3) is 5.80. The van der Waals surface area contributed by atoms with Crippen molar-refractivity contribution in [3.63, 3.8) is 0 Å². The van der Waals surface area contributed by atoms with Gasteiger partial charge in [0.25, 0.3) is 11.8 Å². The molecule has 10 heteroatoms. The molecule has 3 N–H and O–H groups in total. The predicted octanol–water partition coefficient (Wildman–Crippen LogP) is 4.28. The number of halogens is 1. The molecule has 0 saturated heterocycles. The van der Waals surface area contributed by atoms with Gasteiger partial charge in [0.15, 0.2) is 0 Å². The molecular weight excluding hydrogens is 434 g/mol. The van der Waals surface area contributed by atoms with E-state index < -0.39 is 15.9 Å². The van der Waals surface area contributed by atoms with Gasteiger partial charge in [0, 0.05) is 16.9 Å². The van der Waals surface area contributed by atoms with Gasteiger partial charge in [-0.1, -0.05) is 17.7 Å². The summed E-state index contributed by atoms with van der Waals surface area (Å²) in [6.45, 7) is 0. The lowest BCUT2D eigenvalue weighted by Gasteiger charge is -2.10. The van der Waals surface area contributed by atoms with Crippen LogP contribution in [0.1, 0.15) is 20.0 Å². The lowest BCUT2D eigenvalue weighted by Crippen LogP contribution is -2.14. The van der Waals surface area contributed by atoms with Gasteiger partial charge in [-0.25, -0.2) is 8.42 Å². The van der Waals surface area contributed by atoms with Crippen molar-refractivity contribution in [3.05, 3.63) is 75.4 Å². The fourth-order valence-corrected chi connectivity index (χ4v) is 3.79. The van der Waals surface area contributed by atoms with Gasteiger partial charge in [-0.3, -0.25) is 14.3 Å². The van der Waals surface area contributed by atoms with Gasteiger partial charge in [0.05, 0.1) is 21.8 Å². The maximum Gasteiger partial charge on any atom is 0.265 e. The highest BCUT2D eigenvalue weighted by molar-refractivity contribution is 7.92. The molecule has 1 heterocycles. The number of anilines is 3. The van der Waals surface area contributed by atoms with E-state index in [-0.39, 0.29) is 22.2 Å². The number of sulfonamides is 1. The van der Waals surface area contributed by atoms with Crippen molar-refractivity contribution in [2.75, 3.05) is 21.6 Å². The Labute approximate surface area is 176 Å². The lowest BCUT2D eigenvalue weighted by molar-refractivity contribution is 0.102. The predicted molar refractivity (Wildman–Crippen MR) is 117 cm³/mol. The number of thiophene rings is 1. The molecule has 150 valence electrons. The molecule has 2 amide bonds. The summed E-state index contributed by atoms with van der Waals surface area (Å²) >= 11 is 7.31. The summed E-state index contributed by atoms with van der Waals surface area (Å²) in [5, 5.41) is 7.48. The first-order valence-corrected chi connectivity index (χ1v) is 11.4. The SMILES string of the molecule is CS(=O)(=O)Nc1cc(C(=O)Nc2ccc(NC(=O)c3cccs3)cc2)ccc1Cl. The minimum Gasteiger partial charge on any atom is -0.322 e. The summed E-state index contributed by atoms with van der Waals surface area (Å²) in [6, 6.07) is 14.4. The monoisotopic (exact) mass is 449 g/mol. The zero-order valence-corrected chi connectivity index (χ0v) is 17.5. The van der Waals surface area contributed by atoms with Gasteiger partial charge < -0.3 is 10.6 Å². The van der Waals surface area contributed by atoms with E-state index in [1.54, 1.807) is 36.4 Å². The molecule has 3 aromatic rings. The van der Waals surface area contributed by atoms with E-state index in [1.165, 1.54) is 29.5 Å². The van der Waals surface area contributed by atoms with Gasteiger partial charge in [-0.15, -0.1) is 11.3 Å². The minimum atomic E-state index is -3.53. The Hall–Kier alpha value is -2.88. The highest BCUT2D eigenvalue weighted by Crippen LogP contribution is 2.25. The van der Waals surface area contributed by atoms with Crippen LogP contribution in [-0.2, 0) is 10.0 Å². The number of rotatable bonds is 6. The van der Waals surface area contributed by atoms with Crippen LogP contribution in [0, 0.1) is 0 Å². The highest BCUT2D eigenvalue weighted by atomic mass is 35.5. The van der Waals surface area contributed by atoms with E-state index in [4.69, 9.17) is 11.6 Å². The van der Waals surface area contributed by atoms with Crippen LogP contribution in [0.2, 0.25) is 5.02 Å². The van der Waals surface area contributed by atoms with Crippen LogP contribution in [0.5, 0.6) is 0 Å². The number of carbonyl (C=O) groups is 2. The lowest BCUT2D eigenvalue weighted by atomic mass is 10.2. The Morgan fingerprint density at radius 1 is 0.931 bits per heavy atom. The second-order valence-corrected chi connectivity index (χ2v) is 9.14. The number of carbonyl (C=O) groups excluding carboxylic acids is 2. The molecule has 0 unspecified atom stereocenters. The fourth-order valence-electron chi connectivity index (χ4n) is 2.39. The number of nitrogens with one attached hydrogen (secondary N) is 3. The van der Waals surface area contributed by atoms with E-state index in [9.17, 15) is 18.0 Å². The van der Waals surface area contributed by atoms with Crippen molar-refractivity contribution in [1.82, 2.24) is 0 Å². The maximum absolute atomic E-state index is 12.5. The molecule has 0 aliphatic rings. The molecule has 0 aliphatic carbocycles. The standard InChI is InChI=1S/C19H16ClN3O4S2/c1-29(26,27)23-16-11-12(4-9-15(16)20)18(24)21-13-5-7-14(8-6-13)22-19(25)17-3-2-10-28-17/h2-11,23H,1H3,(H,21,24)(H,22,25). The quantitative estimate of drug-likeness (QED) is 0.522. The summed E-state index contributed by atoms with van der Waals surface area (Å²) in [6.07, 6.45) is 0.995. The molecule has 0 radical (unpaired) electrons. The Balaban J connectivity index is 1.68. The van der Waals surface area contributed by atoms with Crippen molar-refractivity contribution in [2.45, 2.75) is 0 Å². The zero-order valence-electron chi connectivity index (χ0n) is 15.1. The van der Waals surface area contributed by atoms with Crippen LogP contribution >= 0.6 is 22.9 Å². The molecule has 1 aromatic heterocycles. The van der Waals surface area contributed by atoms with Crippen molar-refractivity contribution in [2.24, 2.45) is 0 Å². The molecule has 7 nitrogen and oxygen atoms in total. The first-order valence-electron chi connectivity index (χ1n) is 8.25. The van der Waals surface area contributed by atoms with Gasteiger partial charge in [0.2, 0.25) is 10.0 Å². The maximum atomic E-state index is 12.5. The molecule has 0 atom stereocenters. The summed E-state index contributed by atoms with van der Waals surface area (Å²) < 4.78 is 25.1. The summed E-state index contributed by atoms with van der Waals surface area (Å²) in [7, 11) is -3.53. The Morgan fingerprint density at radius 3 is 2.10 bits per heavy atom. The number of amides is 2. The Morgan fingerprint density at radius 2 is 1.55 bits per heavy atom. The zero-order chi connectivity index (χ0) is 21.0. The van der Waals surface area contributed by atoms with E-state index in [2.05, 4.69) is 15.4 Å². The van der Waals surface area contributed by atoms with Crippen LogP contribution in [0.25, 0.3) is 0 Å². The number of hydrogen-bond acceptors (Lipinski definition) is 5. The van der Waals surface area contributed by atoms with Gasteiger partial charge in [0.1, 0.15) is 0 Å². The van der Waals surface area contributed by atoms with Crippen molar-refractivity contribution < 1.29 is 18.0 Å². The molecular formula is C19H16ClN3O4S2. The normalized spacial score (nSPS) is 11.0. The number of hydrogen-bond donors (Lipinski definition) is 3. The van der Waals surface area contributed by atoms with Crippen LogP contribution in [0.3, 0.4) is 0 Å².